The number of benzene rings is 1. The maximum absolute atomic E-state index is 4.49. The molecule has 0 aliphatic heterocycles. The molecule has 0 bridgehead atoms. The molecule has 3 rings (SSSR count). The second kappa shape index (κ2) is 5.21. The Labute approximate surface area is 126 Å². The number of aryl methyl sites for hydroxylation is 2. The molecule has 0 radical (unpaired) electrons. The van der Waals surface area contributed by atoms with Gasteiger partial charge >= 0.3 is 0 Å². The van der Waals surface area contributed by atoms with Crippen LogP contribution in [0.1, 0.15) is 11.4 Å². The van der Waals surface area contributed by atoms with Gasteiger partial charge in [0.2, 0.25) is 0 Å². The fourth-order valence-electron chi connectivity index (χ4n) is 2.12. The zero-order valence-electron chi connectivity index (χ0n) is 11.3. The van der Waals surface area contributed by atoms with Crippen molar-refractivity contribution < 1.29 is 0 Å². The SMILES string of the molecule is Cc1ccc2c(Nc3ccc(Br)cc3)cc(C)nc2n1. The third-order valence-electron chi connectivity index (χ3n) is 3.06. The van der Waals surface area contributed by atoms with E-state index in [2.05, 4.69) is 37.3 Å². The van der Waals surface area contributed by atoms with E-state index in [-0.39, 0.29) is 0 Å². The van der Waals surface area contributed by atoms with Gasteiger partial charge in [0.15, 0.2) is 5.65 Å². The van der Waals surface area contributed by atoms with E-state index < -0.39 is 0 Å². The normalized spacial score (nSPS) is 10.8. The molecule has 4 heteroatoms. The van der Waals surface area contributed by atoms with Crippen molar-refractivity contribution in [3.05, 3.63) is 58.3 Å². The first kappa shape index (κ1) is 13.1. The fraction of sp³-hybridized carbons (Fsp3) is 0.125. The molecule has 0 aliphatic rings. The molecule has 0 amide bonds. The van der Waals surface area contributed by atoms with Crippen LogP contribution in [0.25, 0.3) is 11.0 Å². The van der Waals surface area contributed by atoms with E-state index in [1.54, 1.807) is 0 Å². The number of hydrogen-bond donors (Lipinski definition) is 1. The lowest BCUT2D eigenvalue weighted by atomic mass is 10.2. The molecule has 2 aromatic heterocycles. The van der Waals surface area contributed by atoms with Crippen LogP contribution in [0.15, 0.2) is 46.9 Å². The summed E-state index contributed by atoms with van der Waals surface area (Å²) in [7, 11) is 0. The van der Waals surface area contributed by atoms with Gasteiger partial charge in [-0.2, -0.15) is 0 Å². The lowest BCUT2D eigenvalue weighted by Crippen LogP contribution is -1.96. The Balaban J connectivity index is 2.08. The van der Waals surface area contributed by atoms with Gasteiger partial charge in [0.05, 0.1) is 5.69 Å². The zero-order chi connectivity index (χ0) is 14.1. The Kier molecular flexibility index (Phi) is 3.40. The molecule has 100 valence electrons. The number of aromatic nitrogens is 2. The van der Waals surface area contributed by atoms with E-state index in [0.29, 0.717) is 0 Å². The second-order valence-corrected chi connectivity index (χ2v) is 5.68. The number of nitrogens with zero attached hydrogens (tertiary/aromatic N) is 2. The van der Waals surface area contributed by atoms with E-state index in [4.69, 9.17) is 0 Å². The van der Waals surface area contributed by atoms with Gasteiger partial charge in [0.1, 0.15) is 0 Å². The number of halogens is 1. The number of fused-ring (bicyclic) bond motifs is 1. The summed E-state index contributed by atoms with van der Waals surface area (Å²) >= 11 is 3.44. The van der Waals surface area contributed by atoms with Gasteiger partial charge in [-0.25, -0.2) is 9.97 Å². The van der Waals surface area contributed by atoms with Crippen molar-refractivity contribution in [2.24, 2.45) is 0 Å². The number of hydrogen-bond acceptors (Lipinski definition) is 3. The highest BCUT2D eigenvalue weighted by atomic mass is 79.9. The van der Waals surface area contributed by atoms with Crippen molar-refractivity contribution >= 4 is 38.3 Å². The van der Waals surface area contributed by atoms with Crippen LogP contribution >= 0.6 is 15.9 Å². The first-order valence-corrected chi connectivity index (χ1v) is 7.19. The van der Waals surface area contributed by atoms with E-state index in [1.165, 1.54) is 0 Å². The standard InChI is InChI=1S/C16H14BrN3/c1-10-3-8-14-15(9-11(2)19-16(14)18-10)20-13-6-4-12(17)5-7-13/h3-9H,1-2H3,(H,18,19,20). The minimum Gasteiger partial charge on any atom is -0.355 e. The van der Waals surface area contributed by atoms with Gasteiger partial charge in [-0.15, -0.1) is 0 Å². The summed E-state index contributed by atoms with van der Waals surface area (Å²) in [5.41, 5.74) is 4.79. The van der Waals surface area contributed by atoms with E-state index in [1.807, 2.05) is 50.2 Å². The average Bonchev–Trinajstić information content (AvgIpc) is 2.40. The number of nitrogens with one attached hydrogen (secondary N) is 1. The minimum absolute atomic E-state index is 0.782. The average molecular weight is 328 g/mol. The lowest BCUT2D eigenvalue weighted by molar-refractivity contribution is 1.16. The molecular weight excluding hydrogens is 314 g/mol. The molecular formula is C16H14BrN3. The smallest absolute Gasteiger partial charge is 0.161 e. The maximum Gasteiger partial charge on any atom is 0.161 e. The first-order valence-electron chi connectivity index (χ1n) is 6.39. The van der Waals surface area contributed by atoms with E-state index >= 15 is 0 Å². The molecule has 0 saturated carbocycles. The van der Waals surface area contributed by atoms with Gasteiger partial charge in [0, 0.05) is 26.9 Å². The molecule has 0 unspecified atom stereocenters. The Bertz CT molecular complexity index is 761. The summed E-state index contributed by atoms with van der Waals surface area (Å²) in [6, 6.07) is 14.2. The molecule has 2 heterocycles. The van der Waals surface area contributed by atoms with Gasteiger partial charge in [-0.05, 0) is 56.3 Å². The highest BCUT2D eigenvalue weighted by Gasteiger charge is 2.06. The third-order valence-corrected chi connectivity index (χ3v) is 3.59. The quantitative estimate of drug-likeness (QED) is 0.737. The summed E-state index contributed by atoms with van der Waals surface area (Å²) in [5.74, 6) is 0. The summed E-state index contributed by atoms with van der Waals surface area (Å²) in [6.07, 6.45) is 0. The minimum atomic E-state index is 0.782. The van der Waals surface area contributed by atoms with Crippen LogP contribution in [0.2, 0.25) is 0 Å². The van der Waals surface area contributed by atoms with Crippen LogP contribution in [-0.2, 0) is 0 Å². The predicted octanol–water partition coefficient (Wildman–Crippen LogP) is 4.75. The van der Waals surface area contributed by atoms with Gasteiger partial charge in [-0.1, -0.05) is 15.9 Å². The van der Waals surface area contributed by atoms with Crippen LogP contribution < -0.4 is 5.32 Å². The zero-order valence-corrected chi connectivity index (χ0v) is 12.9. The molecule has 1 N–H and O–H groups in total. The number of anilines is 2. The summed E-state index contributed by atoms with van der Waals surface area (Å²) < 4.78 is 1.07. The molecule has 20 heavy (non-hydrogen) atoms. The van der Waals surface area contributed by atoms with Crippen molar-refractivity contribution in [1.29, 1.82) is 0 Å². The lowest BCUT2D eigenvalue weighted by Gasteiger charge is -2.11. The van der Waals surface area contributed by atoms with Crippen LogP contribution in [-0.4, -0.2) is 9.97 Å². The van der Waals surface area contributed by atoms with Crippen LogP contribution in [0.5, 0.6) is 0 Å². The molecule has 3 nitrogen and oxygen atoms in total. The van der Waals surface area contributed by atoms with Crippen molar-refractivity contribution in [1.82, 2.24) is 9.97 Å². The highest BCUT2D eigenvalue weighted by molar-refractivity contribution is 9.10. The molecule has 0 aliphatic carbocycles. The highest BCUT2D eigenvalue weighted by Crippen LogP contribution is 2.26. The number of pyridine rings is 2. The van der Waals surface area contributed by atoms with Crippen molar-refractivity contribution in [2.75, 3.05) is 5.32 Å². The topological polar surface area (TPSA) is 37.8 Å². The summed E-state index contributed by atoms with van der Waals surface area (Å²) in [4.78, 5) is 8.99. The van der Waals surface area contributed by atoms with Crippen molar-refractivity contribution in [3.8, 4) is 0 Å². The van der Waals surface area contributed by atoms with Crippen LogP contribution in [0, 0.1) is 13.8 Å². The van der Waals surface area contributed by atoms with Gasteiger partial charge in [-0.3, -0.25) is 0 Å². The molecule has 1 aromatic carbocycles. The first-order chi connectivity index (χ1) is 9.61. The monoisotopic (exact) mass is 327 g/mol. The maximum atomic E-state index is 4.49. The number of rotatable bonds is 2. The Morgan fingerprint density at radius 2 is 1.60 bits per heavy atom. The van der Waals surface area contributed by atoms with E-state index in [9.17, 15) is 0 Å². The summed E-state index contributed by atoms with van der Waals surface area (Å²) in [5, 5.41) is 4.47. The van der Waals surface area contributed by atoms with Gasteiger partial charge in [0.25, 0.3) is 0 Å². The molecule has 0 fully saturated rings. The van der Waals surface area contributed by atoms with Crippen molar-refractivity contribution in [2.45, 2.75) is 13.8 Å². The molecule has 0 spiro atoms. The largest absolute Gasteiger partial charge is 0.355 e. The molecule has 0 atom stereocenters. The fourth-order valence-corrected chi connectivity index (χ4v) is 2.38. The Morgan fingerprint density at radius 3 is 2.35 bits per heavy atom. The summed E-state index contributed by atoms with van der Waals surface area (Å²) in [6.45, 7) is 3.96. The third kappa shape index (κ3) is 2.65. The van der Waals surface area contributed by atoms with Crippen molar-refractivity contribution in [3.63, 3.8) is 0 Å². The molecule has 0 saturated heterocycles. The molecule has 3 aromatic rings. The Hall–Kier alpha value is -1.94. The van der Waals surface area contributed by atoms with Crippen LogP contribution in [0.3, 0.4) is 0 Å². The van der Waals surface area contributed by atoms with Crippen LogP contribution in [0.4, 0.5) is 11.4 Å². The predicted molar refractivity (Wildman–Crippen MR) is 86.4 cm³/mol. The van der Waals surface area contributed by atoms with Gasteiger partial charge < -0.3 is 5.32 Å². The second-order valence-electron chi connectivity index (χ2n) is 4.77. The Morgan fingerprint density at radius 1 is 0.900 bits per heavy atom. The van der Waals surface area contributed by atoms with E-state index in [0.717, 1.165) is 38.3 Å².